The van der Waals surface area contributed by atoms with Crippen molar-refractivity contribution in [3.8, 4) is 0 Å². The number of nitrogens with one attached hydrogen (secondary N) is 1. The van der Waals surface area contributed by atoms with Gasteiger partial charge in [-0.05, 0) is 66.4 Å². The molecule has 21 heavy (non-hydrogen) atoms. The molecule has 3 heteroatoms. The second-order valence-corrected chi connectivity index (χ2v) is 5.64. The van der Waals surface area contributed by atoms with Gasteiger partial charge in [0, 0.05) is 5.02 Å². The lowest BCUT2D eigenvalue weighted by atomic mass is 9.96. The summed E-state index contributed by atoms with van der Waals surface area (Å²) in [5.74, 6) is -0.223. The molecule has 2 aromatic carbocycles. The van der Waals surface area contributed by atoms with E-state index in [9.17, 15) is 4.39 Å². The van der Waals surface area contributed by atoms with Crippen molar-refractivity contribution in [3.63, 3.8) is 0 Å². The summed E-state index contributed by atoms with van der Waals surface area (Å²) in [5.41, 5.74) is 4.56. The SMILES string of the molecule is Fc1cccc(/C=C\c2c(Cl)ccc3c2CCNCC3)c1. The first kappa shape index (κ1) is 14.3. The number of benzene rings is 2. The van der Waals surface area contributed by atoms with Gasteiger partial charge in [0.1, 0.15) is 5.82 Å². The predicted molar refractivity (Wildman–Crippen MR) is 87.1 cm³/mol. The summed E-state index contributed by atoms with van der Waals surface area (Å²) in [4.78, 5) is 0. The highest BCUT2D eigenvalue weighted by molar-refractivity contribution is 6.32. The monoisotopic (exact) mass is 301 g/mol. The first-order valence-electron chi connectivity index (χ1n) is 7.18. The first-order valence-corrected chi connectivity index (χ1v) is 7.56. The smallest absolute Gasteiger partial charge is 0.123 e. The van der Waals surface area contributed by atoms with E-state index in [1.165, 1.54) is 23.3 Å². The Morgan fingerprint density at radius 2 is 1.90 bits per heavy atom. The summed E-state index contributed by atoms with van der Waals surface area (Å²) in [6.07, 6.45) is 5.91. The predicted octanol–water partition coefficient (Wildman–Crippen LogP) is 4.34. The molecule has 0 spiro atoms. The summed E-state index contributed by atoms with van der Waals surface area (Å²) in [7, 11) is 0. The Balaban J connectivity index is 1.98. The standard InChI is InChI=1S/C18H17ClFN/c19-18-7-5-14-8-10-21-11-9-16(14)17(18)6-4-13-2-1-3-15(20)12-13/h1-7,12,21H,8-11H2/b6-4-. The molecular weight excluding hydrogens is 285 g/mol. The van der Waals surface area contributed by atoms with E-state index < -0.39 is 0 Å². The third kappa shape index (κ3) is 3.34. The maximum atomic E-state index is 13.2. The number of hydrogen-bond acceptors (Lipinski definition) is 1. The highest BCUT2D eigenvalue weighted by atomic mass is 35.5. The van der Waals surface area contributed by atoms with Crippen molar-refractivity contribution in [2.24, 2.45) is 0 Å². The zero-order chi connectivity index (χ0) is 14.7. The second kappa shape index (κ2) is 6.42. The molecular formula is C18H17ClFN. The summed E-state index contributed by atoms with van der Waals surface area (Å²) < 4.78 is 13.2. The van der Waals surface area contributed by atoms with Crippen LogP contribution in [0.2, 0.25) is 5.02 Å². The molecule has 0 saturated heterocycles. The van der Waals surface area contributed by atoms with Gasteiger partial charge in [-0.3, -0.25) is 0 Å². The van der Waals surface area contributed by atoms with Crippen LogP contribution in [0.25, 0.3) is 12.2 Å². The average molecular weight is 302 g/mol. The molecule has 2 aromatic rings. The molecule has 0 aromatic heterocycles. The van der Waals surface area contributed by atoms with E-state index in [1.807, 2.05) is 24.3 Å². The second-order valence-electron chi connectivity index (χ2n) is 5.24. The van der Waals surface area contributed by atoms with Crippen molar-refractivity contribution in [2.45, 2.75) is 12.8 Å². The van der Waals surface area contributed by atoms with E-state index in [-0.39, 0.29) is 5.82 Å². The van der Waals surface area contributed by atoms with Crippen molar-refractivity contribution in [3.05, 3.63) is 69.5 Å². The number of rotatable bonds is 2. The van der Waals surface area contributed by atoms with Crippen LogP contribution in [0.4, 0.5) is 4.39 Å². The van der Waals surface area contributed by atoms with Crippen molar-refractivity contribution < 1.29 is 4.39 Å². The highest BCUT2D eigenvalue weighted by Crippen LogP contribution is 2.27. The molecule has 1 heterocycles. The lowest BCUT2D eigenvalue weighted by Gasteiger charge is -2.11. The van der Waals surface area contributed by atoms with E-state index in [2.05, 4.69) is 11.4 Å². The number of hydrogen-bond donors (Lipinski definition) is 1. The molecule has 1 N–H and O–H groups in total. The summed E-state index contributed by atoms with van der Waals surface area (Å²) in [6.45, 7) is 1.97. The van der Waals surface area contributed by atoms with Crippen LogP contribution in [0.1, 0.15) is 22.3 Å². The van der Waals surface area contributed by atoms with Crippen molar-refractivity contribution in [1.29, 1.82) is 0 Å². The maximum Gasteiger partial charge on any atom is 0.123 e. The van der Waals surface area contributed by atoms with Gasteiger partial charge in [0.05, 0.1) is 0 Å². The van der Waals surface area contributed by atoms with Crippen LogP contribution >= 0.6 is 11.6 Å². The van der Waals surface area contributed by atoms with E-state index >= 15 is 0 Å². The average Bonchev–Trinajstić information content (AvgIpc) is 2.72. The normalized spacial score (nSPS) is 15.0. The maximum absolute atomic E-state index is 13.2. The molecule has 0 unspecified atom stereocenters. The van der Waals surface area contributed by atoms with Crippen LogP contribution in [-0.2, 0) is 12.8 Å². The highest BCUT2D eigenvalue weighted by Gasteiger charge is 2.12. The lowest BCUT2D eigenvalue weighted by molar-refractivity contribution is 0.627. The fourth-order valence-electron chi connectivity index (χ4n) is 2.74. The largest absolute Gasteiger partial charge is 0.316 e. The van der Waals surface area contributed by atoms with Crippen LogP contribution in [0.5, 0.6) is 0 Å². The number of halogens is 2. The van der Waals surface area contributed by atoms with Crippen LogP contribution in [0.15, 0.2) is 36.4 Å². The van der Waals surface area contributed by atoms with Gasteiger partial charge in [-0.2, -0.15) is 0 Å². The van der Waals surface area contributed by atoms with Gasteiger partial charge < -0.3 is 5.32 Å². The Morgan fingerprint density at radius 1 is 1.05 bits per heavy atom. The Morgan fingerprint density at radius 3 is 2.76 bits per heavy atom. The minimum atomic E-state index is -0.223. The lowest BCUT2D eigenvalue weighted by Crippen LogP contribution is -2.16. The first-order chi connectivity index (χ1) is 10.2. The van der Waals surface area contributed by atoms with Crippen molar-refractivity contribution >= 4 is 23.8 Å². The van der Waals surface area contributed by atoms with E-state index in [0.717, 1.165) is 42.1 Å². The molecule has 0 radical (unpaired) electrons. The molecule has 1 aliphatic rings. The quantitative estimate of drug-likeness (QED) is 0.814. The van der Waals surface area contributed by atoms with Crippen LogP contribution < -0.4 is 5.32 Å². The molecule has 0 aliphatic carbocycles. The summed E-state index contributed by atoms with van der Waals surface area (Å²) >= 11 is 6.37. The van der Waals surface area contributed by atoms with Crippen LogP contribution in [0.3, 0.4) is 0 Å². The topological polar surface area (TPSA) is 12.0 Å². The number of fused-ring (bicyclic) bond motifs is 1. The summed E-state index contributed by atoms with van der Waals surface area (Å²) in [5, 5.41) is 4.16. The van der Waals surface area contributed by atoms with Crippen LogP contribution in [0, 0.1) is 5.82 Å². The molecule has 1 aliphatic heterocycles. The molecule has 1 nitrogen and oxygen atoms in total. The van der Waals surface area contributed by atoms with Gasteiger partial charge in [-0.1, -0.05) is 42.0 Å². The molecule has 0 amide bonds. The minimum absolute atomic E-state index is 0.223. The molecule has 0 atom stereocenters. The fraction of sp³-hybridized carbons (Fsp3) is 0.222. The fourth-order valence-corrected chi connectivity index (χ4v) is 2.98. The van der Waals surface area contributed by atoms with Crippen molar-refractivity contribution in [1.82, 2.24) is 5.32 Å². The molecule has 0 bridgehead atoms. The molecule has 0 fully saturated rings. The Bertz CT molecular complexity index is 679. The van der Waals surface area contributed by atoms with Gasteiger partial charge in [0.2, 0.25) is 0 Å². The van der Waals surface area contributed by atoms with Gasteiger partial charge >= 0.3 is 0 Å². The zero-order valence-electron chi connectivity index (χ0n) is 11.7. The van der Waals surface area contributed by atoms with Gasteiger partial charge in [-0.25, -0.2) is 4.39 Å². The summed E-state index contributed by atoms with van der Waals surface area (Å²) in [6, 6.07) is 10.6. The Hall–Kier alpha value is -1.64. The van der Waals surface area contributed by atoms with E-state index in [1.54, 1.807) is 6.07 Å². The van der Waals surface area contributed by atoms with Gasteiger partial charge in [0.25, 0.3) is 0 Å². The zero-order valence-corrected chi connectivity index (χ0v) is 12.5. The van der Waals surface area contributed by atoms with E-state index in [4.69, 9.17) is 11.6 Å². The van der Waals surface area contributed by atoms with Crippen LogP contribution in [-0.4, -0.2) is 13.1 Å². The minimum Gasteiger partial charge on any atom is -0.316 e. The Labute approximate surface area is 129 Å². The third-order valence-corrected chi connectivity index (χ3v) is 4.14. The molecule has 3 rings (SSSR count). The van der Waals surface area contributed by atoms with Crippen molar-refractivity contribution in [2.75, 3.05) is 13.1 Å². The van der Waals surface area contributed by atoms with Gasteiger partial charge in [0.15, 0.2) is 0 Å². The van der Waals surface area contributed by atoms with Gasteiger partial charge in [-0.15, -0.1) is 0 Å². The third-order valence-electron chi connectivity index (χ3n) is 3.81. The van der Waals surface area contributed by atoms with E-state index in [0.29, 0.717) is 0 Å². The molecule has 108 valence electrons. The molecule has 0 saturated carbocycles. The Kier molecular flexibility index (Phi) is 4.37.